The Balaban J connectivity index is 3.06. The van der Waals surface area contributed by atoms with E-state index in [1.165, 1.54) is 12.3 Å². The SMILES string of the molecule is CC(C)N(CCC#N)c1ncc(C(=O)O)cc1Cl. The summed E-state index contributed by atoms with van der Waals surface area (Å²) in [6, 6.07) is 3.56. The number of carboxylic acids is 1. The lowest BCUT2D eigenvalue weighted by Gasteiger charge is -2.27. The number of halogens is 1. The van der Waals surface area contributed by atoms with Crippen molar-refractivity contribution < 1.29 is 9.90 Å². The average molecular weight is 268 g/mol. The number of anilines is 1. The van der Waals surface area contributed by atoms with Crippen molar-refractivity contribution in [1.29, 1.82) is 5.26 Å². The van der Waals surface area contributed by atoms with Crippen molar-refractivity contribution in [1.82, 2.24) is 4.98 Å². The van der Waals surface area contributed by atoms with E-state index in [1.54, 1.807) is 0 Å². The Morgan fingerprint density at radius 3 is 2.78 bits per heavy atom. The third-order valence-electron chi connectivity index (χ3n) is 2.43. The first kappa shape index (κ1) is 14.3. The third kappa shape index (κ3) is 3.34. The number of carboxylic acid groups (broad SMARTS) is 1. The van der Waals surface area contributed by atoms with E-state index in [1.807, 2.05) is 18.7 Å². The molecule has 96 valence electrons. The molecule has 0 unspecified atom stereocenters. The molecule has 0 amide bonds. The van der Waals surface area contributed by atoms with E-state index in [4.69, 9.17) is 22.0 Å². The van der Waals surface area contributed by atoms with Gasteiger partial charge in [-0.1, -0.05) is 11.6 Å². The van der Waals surface area contributed by atoms with Crippen LogP contribution in [0.3, 0.4) is 0 Å². The van der Waals surface area contributed by atoms with Gasteiger partial charge < -0.3 is 10.0 Å². The molecule has 1 heterocycles. The van der Waals surface area contributed by atoms with E-state index >= 15 is 0 Å². The molecule has 0 radical (unpaired) electrons. The standard InChI is InChI=1S/C12H14ClN3O2/c1-8(2)16(5-3-4-14)11-10(13)6-9(7-15-11)12(17)18/h6-8H,3,5H2,1-2H3,(H,17,18). The third-order valence-corrected chi connectivity index (χ3v) is 2.71. The van der Waals surface area contributed by atoms with E-state index in [0.717, 1.165) is 0 Å². The molecule has 0 aliphatic rings. The molecule has 0 aromatic carbocycles. The monoisotopic (exact) mass is 267 g/mol. The lowest BCUT2D eigenvalue weighted by Crippen LogP contribution is -2.32. The highest BCUT2D eigenvalue weighted by atomic mass is 35.5. The summed E-state index contributed by atoms with van der Waals surface area (Å²) >= 11 is 6.04. The lowest BCUT2D eigenvalue weighted by atomic mass is 10.2. The molecule has 0 saturated carbocycles. The Morgan fingerprint density at radius 1 is 1.67 bits per heavy atom. The molecule has 0 aliphatic heterocycles. The zero-order valence-corrected chi connectivity index (χ0v) is 11.0. The molecule has 5 nitrogen and oxygen atoms in total. The van der Waals surface area contributed by atoms with Crippen molar-refractivity contribution >= 4 is 23.4 Å². The summed E-state index contributed by atoms with van der Waals surface area (Å²) in [4.78, 5) is 16.7. The molecule has 0 bridgehead atoms. The van der Waals surface area contributed by atoms with Crippen molar-refractivity contribution in [3.8, 4) is 6.07 Å². The molecule has 1 N–H and O–H groups in total. The first-order chi connectivity index (χ1) is 8.47. The van der Waals surface area contributed by atoms with Crippen LogP contribution < -0.4 is 4.90 Å². The maximum Gasteiger partial charge on any atom is 0.337 e. The van der Waals surface area contributed by atoms with E-state index in [9.17, 15) is 4.79 Å². The van der Waals surface area contributed by atoms with Gasteiger partial charge in [-0.2, -0.15) is 5.26 Å². The van der Waals surface area contributed by atoms with Gasteiger partial charge in [-0.25, -0.2) is 9.78 Å². The second-order valence-corrected chi connectivity index (χ2v) is 4.44. The number of hydrogen-bond acceptors (Lipinski definition) is 4. The summed E-state index contributed by atoms with van der Waals surface area (Å²) in [5.41, 5.74) is 0.0488. The number of hydrogen-bond donors (Lipinski definition) is 1. The predicted octanol–water partition coefficient (Wildman–Crippen LogP) is 2.56. The topological polar surface area (TPSA) is 77.2 Å². The molecule has 0 atom stereocenters. The van der Waals surface area contributed by atoms with Gasteiger partial charge in [0, 0.05) is 18.8 Å². The molecule has 1 aromatic heterocycles. The zero-order chi connectivity index (χ0) is 13.7. The van der Waals surface area contributed by atoms with Crippen molar-refractivity contribution in [2.24, 2.45) is 0 Å². The molecule has 1 rings (SSSR count). The Hall–Kier alpha value is -1.80. The van der Waals surface area contributed by atoms with Crippen molar-refractivity contribution in [2.45, 2.75) is 26.3 Å². The minimum atomic E-state index is -1.07. The maximum absolute atomic E-state index is 10.8. The number of aromatic nitrogens is 1. The first-order valence-corrected chi connectivity index (χ1v) is 5.87. The minimum absolute atomic E-state index is 0.0488. The highest BCUT2D eigenvalue weighted by Gasteiger charge is 2.16. The van der Waals surface area contributed by atoms with Crippen molar-refractivity contribution in [3.63, 3.8) is 0 Å². The minimum Gasteiger partial charge on any atom is -0.478 e. The summed E-state index contributed by atoms with van der Waals surface area (Å²) < 4.78 is 0. The molecule has 0 aliphatic carbocycles. The van der Waals surface area contributed by atoms with Crippen LogP contribution in [0.15, 0.2) is 12.3 Å². The molecule has 0 fully saturated rings. The summed E-state index contributed by atoms with van der Waals surface area (Å²) in [5, 5.41) is 17.7. The van der Waals surface area contributed by atoms with Gasteiger partial charge >= 0.3 is 5.97 Å². The van der Waals surface area contributed by atoms with Gasteiger partial charge in [0.25, 0.3) is 0 Å². The van der Waals surface area contributed by atoms with Gasteiger partial charge in [0.05, 0.1) is 23.1 Å². The van der Waals surface area contributed by atoms with Crippen LogP contribution in [-0.4, -0.2) is 28.6 Å². The number of rotatable bonds is 5. The highest BCUT2D eigenvalue weighted by Crippen LogP contribution is 2.25. The predicted molar refractivity (Wildman–Crippen MR) is 68.9 cm³/mol. The molecule has 0 saturated heterocycles. The lowest BCUT2D eigenvalue weighted by molar-refractivity contribution is 0.0696. The second kappa shape index (κ2) is 6.22. The van der Waals surface area contributed by atoms with E-state index < -0.39 is 5.97 Å². The summed E-state index contributed by atoms with van der Waals surface area (Å²) in [5.74, 6) is -0.559. The fourth-order valence-electron chi connectivity index (χ4n) is 1.54. The van der Waals surface area contributed by atoms with Crippen LogP contribution in [0, 0.1) is 11.3 Å². The van der Waals surface area contributed by atoms with Gasteiger partial charge in [-0.05, 0) is 19.9 Å². The summed E-state index contributed by atoms with van der Waals surface area (Å²) in [6.07, 6.45) is 1.63. The normalized spacial score (nSPS) is 10.2. The molecule has 18 heavy (non-hydrogen) atoms. The quantitative estimate of drug-likeness (QED) is 0.887. The van der Waals surface area contributed by atoms with Crippen LogP contribution in [0.2, 0.25) is 5.02 Å². The van der Waals surface area contributed by atoms with Crippen LogP contribution in [-0.2, 0) is 0 Å². The van der Waals surface area contributed by atoms with Crippen molar-refractivity contribution in [2.75, 3.05) is 11.4 Å². The zero-order valence-electron chi connectivity index (χ0n) is 10.2. The molecule has 6 heteroatoms. The largest absolute Gasteiger partial charge is 0.478 e. The number of pyridine rings is 1. The van der Waals surface area contributed by atoms with Crippen LogP contribution in [0.5, 0.6) is 0 Å². The molecule has 1 aromatic rings. The number of aromatic carboxylic acids is 1. The fraction of sp³-hybridized carbons (Fsp3) is 0.417. The molecular formula is C12H14ClN3O2. The first-order valence-electron chi connectivity index (χ1n) is 5.49. The van der Waals surface area contributed by atoms with E-state index in [2.05, 4.69) is 11.1 Å². The Morgan fingerprint density at radius 2 is 2.33 bits per heavy atom. The smallest absolute Gasteiger partial charge is 0.337 e. The fourth-order valence-corrected chi connectivity index (χ4v) is 1.81. The Labute approximate surface area is 111 Å². The second-order valence-electron chi connectivity index (χ2n) is 4.03. The number of nitrogens with zero attached hydrogens (tertiary/aromatic N) is 3. The number of nitriles is 1. The van der Waals surface area contributed by atoms with Crippen LogP contribution >= 0.6 is 11.6 Å². The summed E-state index contributed by atoms with van der Waals surface area (Å²) in [7, 11) is 0. The van der Waals surface area contributed by atoms with Crippen LogP contribution in [0.1, 0.15) is 30.6 Å². The highest BCUT2D eigenvalue weighted by molar-refractivity contribution is 6.33. The van der Waals surface area contributed by atoms with Crippen LogP contribution in [0.4, 0.5) is 5.82 Å². The average Bonchev–Trinajstić information content (AvgIpc) is 2.30. The van der Waals surface area contributed by atoms with Gasteiger partial charge in [0.1, 0.15) is 5.82 Å². The van der Waals surface area contributed by atoms with Gasteiger partial charge in [-0.3, -0.25) is 0 Å². The van der Waals surface area contributed by atoms with Crippen LogP contribution in [0.25, 0.3) is 0 Å². The van der Waals surface area contributed by atoms with Gasteiger partial charge in [0.2, 0.25) is 0 Å². The number of carbonyl (C=O) groups is 1. The van der Waals surface area contributed by atoms with E-state index in [0.29, 0.717) is 18.8 Å². The van der Waals surface area contributed by atoms with Gasteiger partial charge in [-0.15, -0.1) is 0 Å². The summed E-state index contributed by atoms with van der Waals surface area (Å²) in [6.45, 7) is 4.42. The van der Waals surface area contributed by atoms with E-state index in [-0.39, 0.29) is 16.6 Å². The molecule has 0 spiro atoms. The molecular weight excluding hydrogens is 254 g/mol. The van der Waals surface area contributed by atoms with Crippen molar-refractivity contribution in [3.05, 3.63) is 22.8 Å². The Bertz CT molecular complexity index is 483. The Kier molecular flexibility index (Phi) is 4.93. The maximum atomic E-state index is 10.8. The van der Waals surface area contributed by atoms with Gasteiger partial charge in [0.15, 0.2) is 0 Å².